The summed E-state index contributed by atoms with van der Waals surface area (Å²) in [5.41, 5.74) is 0. The number of amides is 1. The summed E-state index contributed by atoms with van der Waals surface area (Å²) in [7, 11) is 0. The van der Waals surface area contributed by atoms with Gasteiger partial charge in [0.2, 0.25) is 5.91 Å². The zero-order valence-electron chi connectivity index (χ0n) is 5.61. The number of carbonyl (C=O) groups is 1. The Hall–Kier alpha value is -1.00. The van der Waals surface area contributed by atoms with Gasteiger partial charge in [-0.1, -0.05) is 0 Å². The zero-order valence-corrected chi connectivity index (χ0v) is 5.61. The van der Waals surface area contributed by atoms with E-state index in [1.807, 2.05) is 0 Å². The highest BCUT2D eigenvalue weighted by molar-refractivity contribution is 5.79. The Morgan fingerprint density at radius 3 is 2.36 bits per heavy atom. The van der Waals surface area contributed by atoms with Crippen molar-refractivity contribution in [3.63, 3.8) is 0 Å². The first kappa shape index (κ1) is 8.10. The van der Waals surface area contributed by atoms with Gasteiger partial charge in [0.05, 0.1) is 0 Å². The van der Waals surface area contributed by atoms with E-state index < -0.39 is 17.9 Å². The third-order valence-corrected chi connectivity index (χ3v) is 1.47. The van der Waals surface area contributed by atoms with E-state index in [0.29, 0.717) is 11.3 Å². The fourth-order valence-corrected chi connectivity index (χ4v) is 0.958. The Bertz CT molecular complexity index is 210. The van der Waals surface area contributed by atoms with E-state index in [1.54, 1.807) is 0 Å². The minimum absolute atomic E-state index is 0.0575. The van der Waals surface area contributed by atoms with Gasteiger partial charge in [0.15, 0.2) is 0 Å². The van der Waals surface area contributed by atoms with Gasteiger partial charge in [0.25, 0.3) is 5.95 Å². The highest BCUT2D eigenvalue weighted by Gasteiger charge is 2.26. The zero-order chi connectivity index (χ0) is 8.43. The van der Waals surface area contributed by atoms with Gasteiger partial charge in [-0.25, -0.2) is 0 Å². The number of carbonyl (C=O) groups excluding carboxylic acids is 1. The molecule has 0 aromatic carbocycles. The summed E-state index contributed by atoms with van der Waals surface area (Å²) in [5, 5.41) is 0. The third kappa shape index (κ3) is 1.53. The average Bonchev–Trinajstić information content (AvgIpc) is 2.33. The lowest BCUT2D eigenvalue weighted by molar-refractivity contribution is -0.127. The van der Waals surface area contributed by atoms with Crippen molar-refractivity contribution in [1.29, 1.82) is 0 Å². The maximum atomic E-state index is 12.3. The van der Waals surface area contributed by atoms with Crippen LogP contribution in [0.1, 0.15) is 12.8 Å². The van der Waals surface area contributed by atoms with Crippen molar-refractivity contribution in [2.45, 2.75) is 12.8 Å². The molecular formula is C6H6F3NO. The molecule has 11 heavy (non-hydrogen) atoms. The van der Waals surface area contributed by atoms with Crippen LogP contribution in [-0.2, 0) is 4.79 Å². The summed E-state index contributed by atoms with van der Waals surface area (Å²) in [6, 6.07) is 0. The molecule has 0 aromatic heterocycles. The number of halogens is 3. The second kappa shape index (κ2) is 2.94. The summed E-state index contributed by atoms with van der Waals surface area (Å²) in [4.78, 5) is 11.1. The highest BCUT2D eigenvalue weighted by Crippen LogP contribution is 2.20. The molecule has 1 heterocycles. The molecule has 1 saturated heterocycles. The van der Waals surface area contributed by atoms with E-state index in [1.165, 1.54) is 0 Å². The largest absolute Gasteiger partial charge is 0.323 e. The summed E-state index contributed by atoms with van der Waals surface area (Å²) in [6.45, 7) is 0.0575. The van der Waals surface area contributed by atoms with Crippen LogP contribution in [0.2, 0.25) is 0 Å². The Labute approximate surface area is 61.3 Å². The molecule has 5 heteroatoms. The van der Waals surface area contributed by atoms with E-state index >= 15 is 0 Å². The molecule has 0 unspecified atom stereocenters. The predicted molar refractivity (Wildman–Crippen MR) is 31.3 cm³/mol. The smallest absolute Gasteiger partial charge is 0.284 e. The molecule has 0 N–H and O–H groups in total. The van der Waals surface area contributed by atoms with Crippen LogP contribution >= 0.6 is 0 Å². The van der Waals surface area contributed by atoms with Gasteiger partial charge in [0, 0.05) is 13.0 Å². The van der Waals surface area contributed by atoms with Crippen LogP contribution in [0, 0.1) is 0 Å². The standard InChI is InChI=1S/C6H6F3NO/c7-5(8)6(9)10-3-1-2-4(10)11/h1-3H2. The van der Waals surface area contributed by atoms with Crippen molar-refractivity contribution in [3.8, 4) is 0 Å². The van der Waals surface area contributed by atoms with Crippen molar-refractivity contribution >= 4 is 5.91 Å². The highest BCUT2D eigenvalue weighted by atomic mass is 19.3. The average molecular weight is 165 g/mol. The summed E-state index contributed by atoms with van der Waals surface area (Å²) in [5.74, 6) is -2.28. The topological polar surface area (TPSA) is 20.3 Å². The maximum absolute atomic E-state index is 12.3. The van der Waals surface area contributed by atoms with Gasteiger partial charge in [0.1, 0.15) is 0 Å². The van der Waals surface area contributed by atoms with E-state index in [0.717, 1.165) is 0 Å². The summed E-state index contributed by atoms with van der Waals surface area (Å²) < 4.78 is 35.4. The second-order valence-corrected chi connectivity index (χ2v) is 2.20. The van der Waals surface area contributed by atoms with E-state index in [9.17, 15) is 18.0 Å². The van der Waals surface area contributed by atoms with E-state index in [2.05, 4.69) is 0 Å². The normalized spacial score (nSPS) is 17.4. The Balaban J connectivity index is 2.75. The Morgan fingerprint density at radius 1 is 1.36 bits per heavy atom. The van der Waals surface area contributed by atoms with Crippen molar-refractivity contribution in [1.82, 2.24) is 4.90 Å². The summed E-state index contributed by atoms with van der Waals surface area (Å²) in [6.07, 6.45) is -1.83. The van der Waals surface area contributed by atoms with Crippen LogP contribution in [0.5, 0.6) is 0 Å². The molecule has 0 atom stereocenters. The van der Waals surface area contributed by atoms with Gasteiger partial charge in [-0.3, -0.25) is 9.69 Å². The van der Waals surface area contributed by atoms with E-state index in [4.69, 9.17) is 0 Å². The first-order valence-corrected chi connectivity index (χ1v) is 3.14. The van der Waals surface area contributed by atoms with Crippen LogP contribution < -0.4 is 0 Å². The molecule has 0 radical (unpaired) electrons. The van der Waals surface area contributed by atoms with Crippen molar-refractivity contribution in [3.05, 3.63) is 12.0 Å². The van der Waals surface area contributed by atoms with Crippen LogP contribution in [0.3, 0.4) is 0 Å². The number of hydrogen-bond donors (Lipinski definition) is 0. The fourth-order valence-electron chi connectivity index (χ4n) is 0.958. The number of likely N-dealkylation sites (tertiary alicyclic amines) is 1. The molecule has 0 saturated carbocycles. The third-order valence-electron chi connectivity index (χ3n) is 1.47. The number of hydrogen-bond acceptors (Lipinski definition) is 1. The molecule has 1 amide bonds. The van der Waals surface area contributed by atoms with Crippen LogP contribution in [0.25, 0.3) is 0 Å². The molecule has 0 aliphatic carbocycles. The predicted octanol–water partition coefficient (Wildman–Crippen LogP) is 1.64. The van der Waals surface area contributed by atoms with Crippen LogP contribution in [0.4, 0.5) is 13.2 Å². The fraction of sp³-hybridized carbons (Fsp3) is 0.500. The molecule has 62 valence electrons. The number of nitrogens with zero attached hydrogens (tertiary/aromatic N) is 1. The van der Waals surface area contributed by atoms with Gasteiger partial charge < -0.3 is 0 Å². The molecule has 1 rings (SSSR count). The van der Waals surface area contributed by atoms with Crippen molar-refractivity contribution < 1.29 is 18.0 Å². The van der Waals surface area contributed by atoms with Crippen molar-refractivity contribution in [2.24, 2.45) is 0 Å². The van der Waals surface area contributed by atoms with Gasteiger partial charge in [-0.15, -0.1) is 0 Å². The maximum Gasteiger partial charge on any atom is 0.323 e. The van der Waals surface area contributed by atoms with Gasteiger partial charge in [-0.2, -0.15) is 13.2 Å². The molecule has 1 aliphatic rings. The first-order chi connectivity index (χ1) is 5.13. The Kier molecular flexibility index (Phi) is 2.16. The summed E-state index contributed by atoms with van der Waals surface area (Å²) >= 11 is 0. The first-order valence-electron chi connectivity index (χ1n) is 3.14. The van der Waals surface area contributed by atoms with Crippen LogP contribution in [-0.4, -0.2) is 17.4 Å². The molecular weight excluding hydrogens is 159 g/mol. The molecule has 1 fully saturated rings. The molecule has 0 bridgehead atoms. The van der Waals surface area contributed by atoms with E-state index in [-0.39, 0.29) is 13.0 Å². The van der Waals surface area contributed by atoms with Crippen molar-refractivity contribution in [2.75, 3.05) is 6.54 Å². The quantitative estimate of drug-likeness (QED) is 0.541. The lowest BCUT2D eigenvalue weighted by Gasteiger charge is -2.10. The minimum Gasteiger partial charge on any atom is -0.284 e. The SMILES string of the molecule is O=C1CCCN1C(F)=C(F)F. The Morgan fingerprint density at radius 2 is 2.00 bits per heavy atom. The molecule has 2 nitrogen and oxygen atoms in total. The number of rotatable bonds is 1. The second-order valence-electron chi connectivity index (χ2n) is 2.20. The van der Waals surface area contributed by atoms with Crippen LogP contribution in [0.15, 0.2) is 12.0 Å². The van der Waals surface area contributed by atoms with Gasteiger partial charge in [-0.05, 0) is 6.42 Å². The monoisotopic (exact) mass is 165 g/mol. The lowest BCUT2D eigenvalue weighted by Crippen LogP contribution is -2.22. The molecule has 0 aromatic rings. The minimum atomic E-state index is -2.43. The lowest BCUT2D eigenvalue weighted by atomic mass is 10.4. The molecule has 1 aliphatic heterocycles. The van der Waals surface area contributed by atoms with Gasteiger partial charge >= 0.3 is 6.08 Å². The molecule has 0 spiro atoms.